The molecule has 2 N–H and O–H groups in total. The summed E-state index contributed by atoms with van der Waals surface area (Å²) < 4.78 is 31.1. The minimum atomic E-state index is -1.21. The van der Waals surface area contributed by atoms with Gasteiger partial charge in [0.1, 0.15) is 0 Å². The summed E-state index contributed by atoms with van der Waals surface area (Å²) in [6.45, 7) is 0. The van der Waals surface area contributed by atoms with E-state index in [1.54, 1.807) is 0 Å². The molecule has 1 aliphatic rings. The number of hydrogen-bond donors (Lipinski definition) is 2. The molecule has 0 aliphatic heterocycles. The van der Waals surface area contributed by atoms with Crippen LogP contribution < -0.4 is 4.74 Å². The number of benzene rings is 1. The Morgan fingerprint density at radius 3 is 2.47 bits per heavy atom. The molecule has 0 amide bonds. The first-order valence-corrected chi connectivity index (χ1v) is 4.47. The molecule has 1 fully saturated rings. The molecule has 0 atom stereocenters. The molecule has 0 aromatic heterocycles. The van der Waals surface area contributed by atoms with Crippen molar-refractivity contribution in [3.8, 4) is 11.5 Å². The highest BCUT2D eigenvalue weighted by Gasteiger charge is 2.45. The van der Waals surface area contributed by atoms with E-state index in [1.807, 2.05) is 0 Å². The summed E-state index contributed by atoms with van der Waals surface area (Å²) in [7, 11) is 1.20. The molecule has 0 unspecified atom stereocenters. The summed E-state index contributed by atoms with van der Waals surface area (Å²) in [6.07, 6.45) is 0.875. The van der Waals surface area contributed by atoms with Gasteiger partial charge in [-0.2, -0.15) is 4.39 Å². The number of phenols is 1. The topological polar surface area (TPSA) is 49.7 Å². The standard InChI is InChI=1S/C10H10F2O3/c1-15-9-5(10(14)2-3-10)4-6(11)8(13)7(9)12/h4,13-14H,2-3H2,1H3. The predicted octanol–water partition coefficient (Wildman–Crippen LogP) is 1.66. The fraction of sp³-hybridized carbons (Fsp3) is 0.400. The van der Waals surface area contributed by atoms with E-state index in [2.05, 4.69) is 0 Å². The van der Waals surface area contributed by atoms with Crippen molar-refractivity contribution in [3.05, 3.63) is 23.3 Å². The molecule has 1 aromatic rings. The van der Waals surface area contributed by atoms with Gasteiger partial charge in [0.05, 0.1) is 12.7 Å². The highest BCUT2D eigenvalue weighted by Crippen LogP contribution is 2.50. The number of phenolic OH excluding ortho intramolecular Hbond substituents is 1. The molecule has 0 bridgehead atoms. The van der Waals surface area contributed by atoms with Gasteiger partial charge in [0.15, 0.2) is 17.3 Å². The largest absolute Gasteiger partial charge is 0.503 e. The Morgan fingerprint density at radius 1 is 1.40 bits per heavy atom. The molecule has 2 rings (SSSR count). The molecule has 1 saturated carbocycles. The Bertz CT molecular complexity index is 414. The van der Waals surface area contributed by atoms with Crippen LogP contribution in [0.15, 0.2) is 6.07 Å². The quantitative estimate of drug-likeness (QED) is 0.790. The van der Waals surface area contributed by atoms with Crippen molar-refractivity contribution in [2.24, 2.45) is 0 Å². The average molecular weight is 216 g/mol. The van der Waals surface area contributed by atoms with E-state index in [4.69, 9.17) is 9.84 Å². The molecule has 1 aliphatic carbocycles. The van der Waals surface area contributed by atoms with Crippen molar-refractivity contribution < 1.29 is 23.7 Å². The lowest BCUT2D eigenvalue weighted by Gasteiger charge is -2.15. The summed E-state index contributed by atoms with van der Waals surface area (Å²) >= 11 is 0. The van der Waals surface area contributed by atoms with Gasteiger partial charge < -0.3 is 14.9 Å². The molecule has 0 saturated heterocycles. The van der Waals surface area contributed by atoms with Crippen LogP contribution in [0, 0.1) is 11.6 Å². The van der Waals surface area contributed by atoms with Crippen LogP contribution in [0.25, 0.3) is 0 Å². The van der Waals surface area contributed by atoms with Gasteiger partial charge in [-0.3, -0.25) is 0 Å². The molecular formula is C10H10F2O3. The lowest BCUT2D eigenvalue weighted by Crippen LogP contribution is -2.09. The third-order valence-corrected chi connectivity index (χ3v) is 2.58. The summed E-state index contributed by atoms with van der Waals surface area (Å²) in [5.74, 6) is -3.65. The fourth-order valence-corrected chi connectivity index (χ4v) is 1.52. The minimum Gasteiger partial charge on any atom is -0.503 e. The van der Waals surface area contributed by atoms with Crippen molar-refractivity contribution in [1.82, 2.24) is 0 Å². The number of aliphatic hydroxyl groups is 1. The average Bonchev–Trinajstić information content (AvgIpc) is 2.94. The molecule has 5 heteroatoms. The fourth-order valence-electron chi connectivity index (χ4n) is 1.52. The van der Waals surface area contributed by atoms with Crippen LogP contribution >= 0.6 is 0 Å². The monoisotopic (exact) mass is 216 g/mol. The molecule has 3 nitrogen and oxygen atoms in total. The van der Waals surface area contributed by atoms with E-state index in [0.29, 0.717) is 12.8 Å². The molecule has 0 heterocycles. The predicted molar refractivity (Wildman–Crippen MR) is 47.7 cm³/mol. The van der Waals surface area contributed by atoms with Gasteiger partial charge in [-0.25, -0.2) is 4.39 Å². The first-order chi connectivity index (χ1) is 6.99. The Morgan fingerprint density at radius 2 is 2.00 bits per heavy atom. The number of hydrogen-bond acceptors (Lipinski definition) is 3. The highest BCUT2D eigenvalue weighted by atomic mass is 19.1. The van der Waals surface area contributed by atoms with Crippen LogP contribution in [0.3, 0.4) is 0 Å². The highest BCUT2D eigenvalue weighted by molar-refractivity contribution is 5.47. The maximum atomic E-state index is 13.4. The van der Waals surface area contributed by atoms with Crippen LogP contribution in [-0.2, 0) is 5.60 Å². The van der Waals surface area contributed by atoms with Gasteiger partial charge in [-0.05, 0) is 18.9 Å². The van der Waals surface area contributed by atoms with Crippen LogP contribution in [0.2, 0.25) is 0 Å². The normalized spacial score (nSPS) is 17.6. The van der Waals surface area contributed by atoms with Crippen LogP contribution in [-0.4, -0.2) is 17.3 Å². The van der Waals surface area contributed by atoms with Crippen molar-refractivity contribution >= 4 is 0 Å². The second-order valence-electron chi connectivity index (χ2n) is 3.63. The van der Waals surface area contributed by atoms with Crippen molar-refractivity contribution in [2.45, 2.75) is 18.4 Å². The van der Waals surface area contributed by atoms with Gasteiger partial charge in [-0.1, -0.05) is 0 Å². The van der Waals surface area contributed by atoms with E-state index in [9.17, 15) is 13.9 Å². The molecule has 0 radical (unpaired) electrons. The van der Waals surface area contributed by atoms with Gasteiger partial charge in [0.25, 0.3) is 0 Å². The van der Waals surface area contributed by atoms with Gasteiger partial charge in [-0.15, -0.1) is 0 Å². The van der Waals surface area contributed by atoms with Crippen molar-refractivity contribution in [2.75, 3.05) is 7.11 Å². The van der Waals surface area contributed by atoms with E-state index >= 15 is 0 Å². The van der Waals surface area contributed by atoms with Crippen LogP contribution in [0.5, 0.6) is 11.5 Å². The zero-order valence-corrected chi connectivity index (χ0v) is 8.05. The maximum absolute atomic E-state index is 13.4. The first kappa shape index (κ1) is 10.2. The van der Waals surface area contributed by atoms with Gasteiger partial charge >= 0.3 is 0 Å². The minimum absolute atomic E-state index is 0.0535. The second kappa shape index (κ2) is 3.06. The zero-order valence-electron chi connectivity index (χ0n) is 8.05. The molecular weight excluding hydrogens is 206 g/mol. The van der Waals surface area contributed by atoms with Gasteiger partial charge in [0.2, 0.25) is 5.82 Å². The molecule has 0 spiro atoms. The van der Waals surface area contributed by atoms with E-state index < -0.39 is 23.0 Å². The summed E-state index contributed by atoms with van der Waals surface area (Å²) in [4.78, 5) is 0. The second-order valence-corrected chi connectivity index (χ2v) is 3.63. The molecule has 1 aromatic carbocycles. The zero-order chi connectivity index (χ0) is 11.2. The van der Waals surface area contributed by atoms with Crippen LogP contribution in [0.1, 0.15) is 18.4 Å². The van der Waals surface area contributed by atoms with Crippen molar-refractivity contribution in [1.29, 1.82) is 0 Å². The Balaban J connectivity index is 2.63. The third kappa shape index (κ3) is 1.43. The number of ether oxygens (including phenoxy) is 1. The number of rotatable bonds is 2. The van der Waals surface area contributed by atoms with Crippen molar-refractivity contribution in [3.63, 3.8) is 0 Å². The van der Waals surface area contributed by atoms with E-state index in [0.717, 1.165) is 6.07 Å². The first-order valence-electron chi connectivity index (χ1n) is 4.47. The Hall–Kier alpha value is -1.36. The summed E-state index contributed by atoms with van der Waals surface area (Å²) in [5, 5.41) is 18.8. The number of methoxy groups -OCH3 is 1. The third-order valence-electron chi connectivity index (χ3n) is 2.58. The number of aromatic hydroxyl groups is 1. The summed E-state index contributed by atoms with van der Waals surface area (Å²) in [6, 6.07) is 0.907. The lowest BCUT2D eigenvalue weighted by atomic mass is 10.1. The van der Waals surface area contributed by atoms with E-state index in [1.165, 1.54) is 7.11 Å². The smallest absolute Gasteiger partial charge is 0.210 e. The summed E-state index contributed by atoms with van der Waals surface area (Å²) in [5.41, 5.74) is -1.15. The molecule has 82 valence electrons. The Kier molecular flexibility index (Phi) is 2.08. The maximum Gasteiger partial charge on any atom is 0.210 e. The molecule has 15 heavy (non-hydrogen) atoms. The number of halogens is 2. The Labute approximate surface area is 84.9 Å². The van der Waals surface area contributed by atoms with E-state index in [-0.39, 0.29) is 11.3 Å². The SMILES string of the molecule is COc1c(C2(O)CC2)cc(F)c(O)c1F. The van der Waals surface area contributed by atoms with Gasteiger partial charge in [0, 0.05) is 5.56 Å². The van der Waals surface area contributed by atoms with Crippen LogP contribution in [0.4, 0.5) is 8.78 Å². The lowest BCUT2D eigenvalue weighted by molar-refractivity contribution is 0.145.